The van der Waals surface area contributed by atoms with Crippen LogP contribution in [0.5, 0.6) is 5.75 Å². The highest BCUT2D eigenvalue weighted by Crippen LogP contribution is 2.30. The van der Waals surface area contributed by atoms with Gasteiger partial charge in [-0.1, -0.05) is 83.5 Å². The molecule has 0 aliphatic carbocycles. The molecule has 3 N–H and O–H groups in total. The van der Waals surface area contributed by atoms with E-state index in [-0.39, 0.29) is 54.5 Å². The largest absolute Gasteiger partial charge is 0.412 e. The molecule has 0 bridgehead atoms. The zero-order valence-electron chi connectivity index (χ0n) is 43.4. The first-order valence-corrected chi connectivity index (χ1v) is 24.2. The Morgan fingerprint density at radius 2 is 1.48 bits per heavy atom. The number of nitrogens with zero attached hydrogens (tertiary/aromatic N) is 6. The molecule has 1 aliphatic heterocycles. The predicted molar refractivity (Wildman–Crippen MR) is 273 cm³/mol. The second-order valence-corrected chi connectivity index (χ2v) is 18.9. The van der Waals surface area contributed by atoms with Gasteiger partial charge in [0.2, 0.25) is 23.6 Å². The Labute approximate surface area is 418 Å². The van der Waals surface area contributed by atoms with Gasteiger partial charge in [-0.2, -0.15) is 0 Å². The number of nitrogens with one attached hydrogen (secondary N) is 3. The van der Waals surface area contributed by atoms with E-state index in [1.807, 2.05) is 82.2 Å². The first-order chi connectivity index (χ1) is 33.7. The van der Waals surface area contributed by atoms with Gasteiger partial charge in [-0.05, 0) is 60.1 Å². The molecule has 4 rings (SSSR count). The van der Waals surface area contributed by atoms with Crippen molar-refractivity contribution in [2.75, 3.05) is 61.3 Å². The molecule has 0 aromatic heterocycles. The number of amides is 5. The van der Waals surface area contributed by atoms with Gasteiger partial charge in [0.1, 0.15) is 17.8 Å². The van der Waals surface area contributed by atoms with Gasteiger partial charge in [-0.15, -0.1) is 0 Å². The third-order valence-corrected chi connectivity index (χ3v) is 13.0. The van der Waals surface area contributed by atoms with Crippen LogP contribution < -0.4 is 20.7 Å². The summed E-state index contributed by atoms with van der Waals surface area (Å²) in [5.74, 6) is -1.30. The zero-order chi connectivity index (χ0) is 52.5. The van der Waals surface area contributed by atoms with Crippen LogP contribution in [0.4, 0.5) is 16.2 Å². The van der Waals surface area contributed by atoms with Crippen molar-refractivity contribution < 1.29 is 43.1 Å². The smallest absolute Gasteiger partial charge is 0.410 e. The predicted octanol–water partition coefficient (Wildman–Crippen LogP) is 5.97. The highest BCUT2D eigenvalue weighted by molar-refractivity contribution is 5.97. The lowest BCUT2D eigenvalue weighted by Gasteiger charge is -2.40. The Morgan fingerprint density at radius 3 is 2.03 bits per heavy atom. The molecule has 0 saturated carbocycles. The maximum absolute atomic E-state index is 14.5. The summed E-state index contributed by atoms with van der Waals surface area (Å²) < 4.78 is 17.3. The Hall–Kier alpha value is -6.60. The quantitative estimate of drug-likeness (QED) is 0.0433. The van der Waals surface area contributed by atoms with Crippen LogP contribution >= 0.6 is 0 Å². The molecule has 71 heavy (non-hydrogen) atoms. The number of aliphatic imine (C=N–C) groups is 1. The molecule has 8 atom stereocenters. The topological polar surface area (TPSA) is 218 Å². The number of ether oxygens (including phenoxy) is 3. The third kappa shape index (κ3) is 16.0. The van der Waals surface area contributed by atoms with E-state index in [0.717, 1.165) is 12.0 Å². The van der Waals surface area contributed by atoms with Crippen molar-refractivity contribution >= 4 is 47.1 Å². The van der Waals surface area contributed by atoms with Gasteiger partial charge in [-0.3, -0.25) is 29.3 Å². The summed E-state index contributed by atoms with van der Waals surface area (Å²) >= 11 is 0. The van der Waals surface area contributed by atoms with Crippen molar-refractivity contribution in [3.05, 3.63) is 100 Å². The number of nitro groups is 1. The molecule has 5 amide bonds. The zero-order valence-corrected chi connectivity index (χ0v) is 43.4. The second-order valence-electron chi connectivity index (χ2n) is 18.9. The number of carbonyl (C=O) groups is 5. The Morgan fingerprint density at radius 1 is 0.845 bits per heavy atom. The fourth-order valence-electron chi connectivity index (χ4n) is 9.01. The molecule has 19 heteroatoms. The number of likely N-dealkylation sites (tertiary alicyclic amines) is 1. The van der Waals surface area contributed by atoms with Gasteiger partial charge in [0.15, 0.2) is 5.96 Å². The lowest BCUT2D eigenvalue weighted by atomic mass is 9.89. The normalized spacial score (nSPS) is 16.3. The van der Waals surface area contributed by atoms with Crippen LogP contribution in [0, 0.1) is 27.9 Å². The summed E-state index contributed by atoms with van der Waals surface area (Å²) in [4.78, 5) is 92.0. The molecular weight excluding hydrogens is 911 g/mol. The van der Waals surface area contributed by atoms with Gasteiger partial charge in [-0.25, -0.2) is 9.79 Å². The summed E-state index contributed by atoms with van der Waals surface area (Å²) in [7, 11) is 12.4. The number of carbonyl (C=O) groups excluding carboxylic acids is 5. The van der Waals surface area contributed by atoms with Gasteiger partial charge in [0, 0.05) is 86.8 Å². The van der Waals surface area contributed by atoms with Crippen LogP contribution in [0.25, 0.3) is 0 Å². The maximum atomic E-state index is 14.5. The van der Waals surface area contributed by atoms with Crippen molar-refractivity contribution in [2.45, 2.75) is 110 Å². The molecule has 388 valence electrons. The Balaban J connectivity index is 1.45. The van der Waals surface area contributed by atoms with Crippen LogP contribution in [0.2, 0.25) is 0 Å². The van der Waals surface area contributed by atoms with E-state index in [0.29, 0.717) is 36.6 Å². The van der Waals surface area contributed by atoms with E-state index in [4.69, 9.17) is 19.2 Å². The van der Waals surface area contributed by atoms with Crippen molar-refractivity contribution in [1.82, 2.24) is 30.2 Å². The van der Waals surface area contributed by atoms with Gasteiger partial charge in [0.05, 0.1) is 41.6 Å². The summed E-state index contributed by atoms with van der Waals surface area (Å²) in [5, 5.41) is 19.4. The number of anilines is 1. The fraction of sp³-hybridized carbons (Fsp3) is 0.538. The number of nitro benzene ring substituents is 1. The minimum atomic E-state index is -0.986. The monoisotopic (exact) mass is 986 g/mol. The van der Waals surface area contributed by atoms with Gasteiger partial charge >= 0.3 is 6.09 Å². The number of non-ortho nitro benzene ring substituents is 1. The molecule has 1 aliphatic rings. The van der Waals surface area contributed by atoms with Gasteiger partial charge in [0.25, 0.3) is 5.69 Å². The van der Waals surface area contributed by atoms with Crippen molar-refractivity contribution in [1.29, 1.82) is 0 Å². The number of hydrogen-bond donors (Lipinski definition) is 3. The van der Waals surface area contributed by atoms with Crippen LogP contribution in [0.3, 0.4) is 0 Å². The maximum Gasteiger partial charge on any atom is 0.412 e. The number of rotatable bonds is 23. The minimum Gasteiger partial charge on any atom is -0.410 e. The highest BCUT2D eigenvalue weighted by atomic mass is 16.6. The third-order valence-electron chi connectivity index (χ3n) is 13.0. The Bertz CT molecular complexity index is 2250. The molecule has 0 unspecified atom stereocenters. The number of methoxy groups -OCH3 is 2. The van der Waals surface area contributed by atoms with Crippen molar-refractivity contribution in [3.8, 4) is 5.75 Å². The van der Waals surface area contributed by atoms with E-state index in [9.17, 15) is 34.1 Å². The van der Waals surface area contributed by atoms with Gasteiger partial charge < -0.3 is 49.8 Å². The van der Waals surface area contributed by atoms with Crippen LogP contribution in [-0.4, -0.2) is 153 Å². The average molecular weight is 986 g/mol. The fourth-order valence-corrected chi connectivity index (χ4v) is 9.01. The molecule has 0 spiro atoms. The standard InChI is InChI=1S/C52H75N9O10/c1-13-34(4)46(59(10)50(65)45(33(2)3)56-51(57(6)7)58(8)9)43(69-11)31-44(62)60-29-17-20-42(60)47(70-12)35(5)48(63)55-41(30-36-18-15-14-16-19-36)49(64)54-38-23-21-37(22-24-38)32-53-52(66)71-40-27-25-39(26-28-40)61(67)68/h14-16,18-19,21-28,33-35,41-43,45-47H,13,17,20,29-32H2,1-12H3,(H,53,66)(H,54,64)(H,55,63)/t34-,35+,41-,42-,43+,45-,46-,47+/m0/s1. The summed E-state index contributed by atoms with van der Waals surface area (Å²) in [6, 6.07) is 18.7. The minimum absolute atomic E-state index is 0.000523. The van der Waals surface area contributed by atoms with Crippen molar-refractivity contribution in [3.63, 3.8) is 0 Å². The SMILES string of the molecule is CC[C@H](C)[C@@H]([C@@H](CC(=O)N1CCC[C@H]1[C@H](OC)[C@@H](C)C(=O)N[C@@H](Cc1ccccc1)C(=O)Nc1ccc(CNC(=O)Oc2ccc([N+](=O)[O-])cc2)cc1)OC)N(C)C(=O)[C@@H](N=C(N(C)C)N(C)C)C(C)C. The first kappa shape index (κ1) is 57.0. The number of hydrogen-bond acceptors (Lipinski definition) is 11. The number of likely N-dealkylation sites (N-methyl/N-ethyl adjacent to an activating group) is 1. The van der Waals surface area contributed by atoms with E-state index >= 15 is 0 Å². The summed E-state index contributed by atoms with van der Waals surface area (Å²) in [5.41, 5.74) is 1.86. The van der Waals surface area contributed by atoms with Crippen LogP contribution in [0.15, 0.2) is 83.9 Å². The van der Waals surface area contributed by atoms with Crippen LogP contribution in [-0.2, 0) is 41.6 Å². The van der Waals surface area contributed by atoms with E-state index in [1.165, 1.54) is 31.4 Å². The Kier molecular flexibility index (Phi) is 21.8. The second kappa shape index (κ2) is 27.1. The molecular formula is C52H75N9O10. The highest BCUT2D eigenvalue weighted by Gasteiger charge is 2.43. The molecule has 3 aromatic rings. The van der Waals surface area contributed by atoms with Crippen LogP contribution in [0.1, 0.15) is 71.4 Å². The van der Waals surface area contributed by atoms with E-state index < -0.39 is 65.1 Å². The molecule has 1 fully saturated rings. The molecule has 0 radical (unpaired) electrons. The molecule has 19 nitrogen and oxygen atoms in total. The average Bonchev–Trinajstić information content (AvgIpc) is 3.83. The molecule has 3 aromatic carbocycles. The lowest BCUT2D eigenvalue weighted by molar-refractivity contribution is -0.384. The van der Waals surface area contributed by atoms with E-state index in [2.05, 4.69) is 29.8 Å². The van der Waals surface area contributed by atoms with Crippen molar-refractivity contribution in [2.24, 2.45) is 22.7 Å². The number of guanidine groups is 1. The first-order valence-electron chi connectivity index (χ1n) is 24.2. The summed E-state index contributed by atoms with van der Waals surface area (Å²) in [6.45, 7) is 10.3. The summed E-state index contributed by atoms with van der Waals surface area (Å²) in [6.07, 6.45) is 0.124. The van der Waals surface area contributed by atoms with E-state index in [1.54, 1.807) is 55.1 Å². The lowest BCUT2D eigenvalue weighted by Crippen LogP contribution is -2.55. The number of benzene rings is 3. The molecule has 1 heterocycles. The molecule has 1 saturated heterocycles.